The molecule has 0 bridgehead atoms. The number of hydrogen-bond acceptors (Lipinski definition) is 3. The maximum atomic E-state index is 4.93. The summed E-state index contributed by atoms with van der Waals surface area (Å²) in [5.41, 5.74) is 0.680. The third kappa shape index (κ3) is 1.70. The van der Waals surface area contributed by atoms with Crippen LogP contribution in [0, 0.1) is 7.91 Å². The van der Waals surface area contributed by atoms with E-state index in [9.17, 15) is 0 Å². The molecule has 0 spiro atoms. The smallest absolute Gasteiger partial charge is 0.179 e. The second-order valence-corrected chi connectivity index (χ2v) is 4.13. The molecule has 6 heteroatoms. The van der Waals surface area contributed by atoms with Gasteiger partial charge in [-0.25, -0.2) is 0 Å². The lowest BCUT2D eigenvalue weighted by Gasteiger charge is -1.88. The predicted molar refractivity (Wildman–Crippen MR) is 47.3 cm³/mol. The highest BCUT2D eigenvalue weighted by Crippen LogP contribution is 2.03. The molecule has 0 fully saturated rings. The van der Waals surface area contributed by atoms with Crippen LogP contribution in [0.15, 0.2) is 0 Å². The molecule has 9 heavy (non-hydrogen) atoms. The number of H-pyrrole nitrogens is 1. The van der Waals surface area contributed by atoms with Gasteiger partial charge in [-0.3, -0.25) is 9.78 Å². The fraction of sp³-hybridized carbons (Fsp3) is 0.333. The van der Waals surface area contributed by atoms with Crippen LogP contribution in [0.2, 0.25) is 0 Å². The summed E-state index contributed by atoms with van der Waals surface area (Å²) in [5.74, 6) is 0. The molecule has 1 heterocycles. The molecule has 1 rings (SSSR count). The van der Waals surface area contributed by atoms with Crippen molar-refractivity contribution in [3.8, 4) is 0 Å². The van der Waals surface area contributed by atoms with E-state index in [2.05, 4.69) is 21.0 Å². The van der Waals surface area contributed by atoms with Crippen LogP contribution in [0.1, 0.15) is 0 Å². The Morgan fingerprint density at radius 1 is 1.67 bits per heavy atom. The topological polar surface area (TPSA) is 20.7 Å². The van der Waals surface area contributed by atoms with Crippen LogP contribution in [-0.4, -0.2) is 9.78 Å². The van der Waals surface area contributed by atoms with Crippen molar-refractivity contribution in [2.24, 2.45) is 0 Å². The summed E-state index contributed by atoms with van der Waals surface area (Å²) in [6.45, 7) is 0. The van der Waals surface area contributed by atoms with Gasteiger partial charge in [0, 0.05) is 0 Å². The van der Waals surface area contributed by atoms with Crippen LogP contribution in [0.5, 0.6) is 0 Å². The Bertz CT molecular complexity index is 294. The van der Waals surface area contributed by atoms with Gasteiger partial charge in [0.15, 0.2) is 7.91 Å². The normalized spacial score (nSPS) is 9.89. The van der Waals surface area contributed by atoms with Crippen LogP contribution >= 0.6 is 51.7 Å². The predicted octanol–water partition coefficient (Wildman–Crippen LogP) is 2.69. The Balaban J connectivity index is 3.33. The first-order chi connectivity index (χ1) is 4.24. The number of alkyl halides is 1. The van der Waals surface area contributed by atoms with Gasteiger partial charge in [0.2, 0.25) is 0 Å². The molecule has 0 aromatic carbocycles. The first-order valence-electron chi connectivity index (χ1n) is 2.10. The van der Waals surface area contributed by atoms with Gasteiger partial charge >= 0.3 is 0 Å². The van der Waals surface area contributed by atoms with Crippen molar-refractivity contribution in [3.63, 3.8) is 0 Å². The molecular weight excluding hydrogens is 240 g/mol. The van der Waals surface area contributed by atoms with Crippen molar-refractivity contribution in [2.75, 3.05) is 0 Å². The molecule has 0 saturated heterocycles. The number of aromatic nitrogens is 2. The van der Waals surface area contributed by atoms with Crippen LogP contribution < -0.4 is 0 Å². The highest BCUT2D eigenvalue weighted by atomic mass is 79.9. The highest BCUT2D eigenvalue weighted by molar-refractivity contribution is 9.08. The lowest BCUT2D eigenvalue weighted by Crippen LogP contribution is -1.91. The van der Waals surface area contributed by atoms with E-state index in [1.165, 1.54) is 11.3 Å². The summed E-state index contributed by atoms with van der Waals surface area (Å²) in [6.07, 6.45) is 0. The van der Waals surface area contributed by atoms with Crippen molar-refractivity contribution in [1.82, 2.24) is 9.78 Å². The average molecular weight is 243 g/mol. The summed E-state index contributed by atoms with van der Waals surface area (Å²) in [6, 6.07) is 0. The van der Waals surface area contributed by atoms with E-state index < -0.39 is 0 Å². The Kier molecular flexibility index (Phi) is 2.57. The fourth-order valence-electron chi connectivity index (χ4n) is 0.392. The van der Waals surface area contributed by atoms with Gasteiger partial charge in [-0.05, 0) is 24.4 Å². The standard InChI is InChI=1S/C3H3BrN2S3/c4-1-6-3(8)9-2(7)5-6/h1H2,(H,5,7). The van der Waals surface area contributed by atoms with Crippen LogP contribution in [0.4, 0.5) is 0 Å². The monoisotopic (exact) mass is 242 g/mol. The van der Waals surface area contributed by atoms with Crippen molar-refractivity contribution >= 4 is 51.7 Å². The van der Waals surface area contributed by atoms with Gasteiger partial charge < -0.3 is 0 Å². The molecule has 50 valence electrons. The number of halogens is 1. The molecule has 1 aromatic heterocycles. The first kappa shape index (κ1) is 7.59. The number of hydrogen-bond donors (Lipinski definition) is 1. The number of rotatable bonds is 1. The van der Waals surface area contributed by atoms with Gasteiger partial charge in [0.05, 0.1) is 5.45 Å². The third-order valence-corrected chi connectivity index (χ3v) is 2.73. The van der Waals surface area contributed by atoms with Crippen LogP contribution in [0.25, 0.3) is 0 Å². The second-order valence-electron chi connectivity index (χ2n) is 1.31. The molecular formula is C3H3BrN2S3. The molecule has 0 radical (unpaired) electrons. The molecule has 0 saturated carbocycles. The molecule has 2 nitrogen and oxygen atoms in total. The molecule has 0 atom stereocenters. The lowest BCUT2D eigenvalue weighted by molar-refractivity contribution is 0.746. The Morgan fingerprint density at radius 3 is 2.56 bits per heavy atom. The number of nitrogens with zero attached hydrogens (tertiary/aromatic N) is 1. The summed E-state index contributed by atoms with van der Waals surface area (Å²) < 4.78 is 3.26. The van der Waals surface area contributed by atoms with Crippen molar-refractivity contribution < 1.29 is 0 Å². The number of aromatic amines is 1. The van der Waals surface area contributed by atoms with E-state index in [1.807, 2.05) is 0 Å². The lowest BCUT2D eigenvalue weighted by atomic mass is 11.3. The van der Waals surface area contributed by atoms with Crippen molar-refractivity contribution in [3.05, 3.63) is 7.91 Å². The summed E-state index contributed by atoms with van der Waals surface area (Å²) >= 11 is 14.4. The first-order valence-corrected chi connectivity index (χ1v) is 4.85. The fourth-order valence-corrected chi connectivity index (χ4v) is 2.50. The third-order valence-electron chi connectivity index (χ3n) is 0.746. The molecule has 1 N–H and O–H groups in total. The summed E-state index contributed by atoms with van der Waals surface area (Å²) in [5, 5.41) is 2.89. The molecule has 0 amide bonds. The molecule has 0 aliphatic heterocycles. The van der Waals surface area contributed by atoms with Crippen LogP contribution in [-0.2, 0) is 5.45 Å². The Morgan fingerprint density at radius 2 is 2.33 bits per heavy atom. The average Bonchev–Trinajstić information content (AvgIpc) is 2.10. The molecule has 0 unspecified atom stereocenters. The Hall–Kier alpha value is 0.480. The molecule has 1 aromatic rings. The largest absolute Gasteiger partial charge is 0.277 e. The zero-order valence-electron chi connectivity index (χ0n) is 4.26. The van der Waals surface area contributed by atoms with Gasteiger partial charge in [-0.15, -0.1) is 0 Å². The van der Waals surface area contributed by atoms with E-state index in [1.54, 1.807) is 4.68 Å². The summed E-state index contributed by atoms with van der Waals surface area (Å²) in [7, 11) is 0. The zero-order chi connectivity index (χ0) is 6.85. The second kappa shape index (κ2) is 3.05. The van der Waals surface area contributed by atoms with E-state index in [0.717, 1.165) is 7.91 Å². The van der Waals surface area contributed by atoms with Crippen molar-refractivity contribution in [1.29, 1.82) is 0 Å². The zero-order valence-corrected chi connectivity index (χ0v) is 8.29. The van der Waals surface area contributed by atoms with Gasteiger partial charge in [-0.2, -0.15) is 0 Å². The van der Waals surface area contributed by atoms with E-state index in [4.69, 9.17) is 24.4 Å². The summed E-state index contributed by atoms with van der Waals surface area (Å²) in [4.78, 5) is 0. The van der Waals surface area contributed by atoms with E-state index >= 15 is 0 Å². The number of nitrogens with one attached hydrogen (secondary N) is 1. The van der Waals surface area contributed by atoms with E-state index in [0.29, 0.717) is 5.45 Å². The minimum absolute atomic E-state index is 0.680. The Labute approximate surface area is 74.6 Å². The minimum Gasteiger partial charge on any atom is -0.277 e. The van der Waals surface area contributed by atoms with Crippen molar-refractivity contribution in [2.45, 2.75) is 5.45 Å². The van der Waals surface area contributed by atoms with Crippen LogP contribution in [0.3, 0.4) is 0 Å². The minimum atomic E-state index is 0.680. The molecule has 0 aliphatic rings. The van der Waals surface area contributed by atoms with E-state index in [-0.39, 0.29) is 0 Å². The van der Waals surface area contributed by atoms with Gasteiger partial charge in [0.1, 0.15) is 0 Å². The quantitative estimate of drug-likeness (QED) is 0.604. The van der Waals surface area contributed by atoms with Gasteiger partial charge in [-0.1, -0.05) is 27.3 Å². The van der Waals surface area contributed by atoms with Gasteiger partial charge in [0.25, 0.3) is 0 Å². The maximum absolute atomic E-state index is 4.93. The highest BCUT2D eigenvalue weighted by Gasteiger charge is 1.89. The SMILES string of the molecule is S=c1[nH]n(CBr)c(=S)s1. The maximum Gasteiger partial charge on any atom is 0.179 e. The molecule has 0 aliphatic carbocycles.